The highest BCUT2D eigenvalue weighted by atomic mass is 16.5. The summed E-state index contributed by atoms with van der Waals surface area (Å²) in [5.74, 6) is 0.771. The molecule has 1 saturated heterocycles. The zero-order valence-electron chi connectivity index (χ0n) is 19.4. The van der Waals surface area contributed by atoms with Crippen molar-refractivity contribution < 1.29 is 14.3 Å². The number of amides is 2. The van der Waals surface area contributed by atoms with Crippen LogP contribution in [0.2, 0.25) is 0 Å². The van der Waals surface area contributed by atoms with Crippen molar-refractivity contribution in [1.29, 1.82) is 0 Å². The molecule has 2 aromatic carbocycles. The first kappa shape index (κ1) is 21.8. The number of rotatable bonds is 4. The number of hydrogen-bond donors (Lipinski definition) is 0. The first-order valence-electron chi connectivity index (χ1n) is 12.2. The number of fused-ring (bicyclic) bond motifs is 1. The van der Waals surface area contributed by atoms with Crippen LogP contribution in [0.3, 0.4) is 0 Å². The predicted molar refractivity (Wildman–Crippen MR) is 130 cm³/mol. The summed E-state index contributed by atoms with van der Waals surface area (Å²) in [4.78, 5) is 33.4. The largest absolute Gasteiger partial charge is 0.497 e. The van der Waals surface area contributed by atoms with E-state index in [1.54, 1.807) is 7.11 Å². The Morgan fingerprint density at radius 3 is 2.33 bits per heavy atom. The van der Waals surface area contributed by atoms with Gasteiger partial charge in [0, 0.05) is 56.1 Å². The van der Waals surface area contributed by atoms with E-state index in [2.05, 4.69) is 17.0 Å². The van der Waals surface area contributed by atoms with Crippen LogP contribution < -0.4 is 14.5 Å². The third-order valence-corrected chi connectivity index (χ3v) is 7.56. The van der Waals surface area contributed by atoms with E-state index in [4.69, 9.17) is 4.74 Å². The number of nitrogens with zero attached hydrogens (tertiary/aromatic N) is 3. The van der Waals surface area contributed by atoms with Crippen LogP contribution in [0.5, 0.6) is 5.75 Å². The molecule has 0 radical (unpaired) electrons. The fraction of sp³-hybridized carbons (Fsp3) is 0.481. The molecule has 0 bridgehead atoms. The number of carbonyl (C=O) groups is 2. The molecular formula is C27H33N3O3. The van der Waals surface area contributed by atoms with Gasteiger partial charge in [0.15, 0.2) is 0 Å². The quantitative estimate of drug-likeness (QED) is 0.717. The number of anilines is 2. The molecule has 0 spiro atoms. The lowest BCUT2D eigenvalue weighted by molar-refractivity contribution is -0.143. The topological polar surface area (TPSA) is 53.1 Å². The summed E-state index contributed by atoms with van der Waals surface area (Å²) in [5, 5.41) is 0. The molecule has 0 N–H and O–H groups in total. The van der Waals surface area contributed by atoms with E-state index in [-0.39, 0.29) is 23.7 Å². The third kappa shape index (κ3) is 4.31. The van der Waals surface area contributed by atoms with Crippen molar-refractivity contribution in [2.45, 2.75) is 32.1 Å². The van der Waals surface area contributed by atoms with Crippen LogP contribution in [0.15, 0.2) is 48.5 Å². The van der Waals surface area contributed by atoms with Crippen molar-refractivity contribution in [2.24, 2.45) is 11.8 Å². The Morgan fingerprint density at radius 1 is 0.848 bits per heavy atom. The lowest BCUT2D eigenvalue weighted by atomic mass is 9.77. The molecule has 3 aliphatic rings. The maximum absolute atomic E-state index is 13.6. The molecule has 1 saturated carbocycles. The molecule has 6 nitrogen and oxygen atoms in total. The lowest BCUT2D eigenvalue weighted by Crippen LogP contribution is -2.53. The number of piperazine rings is 1. The van der Waals surface area contributed by atoms with Crippen LogP contribution >= 0.6 is 0 Å². The Kier molecular flexibility index (Phi) is 6.25. The zero-order valence-corrected chi connectivity index (χ0v) is 19.4. The van der Waals surface area contributed by atoms with Gasteiger partial charge < -0.3 is 19.4 Å². The molecule has 174 valence electrons. The molecule has 0 aromatic heterocycles. The Bertz CT molecular complexity index is 1020. The van der Waals surface area contributed by atoms with Crippen molar-refractivity contribution in [1.82, 2.24) is 4.90 Å². The highest BCUT2D eigenvalue weighted by Gasteiger charge is 2.41. The van der Waals surface area contributed by atoms with Crippen LogP contribution in [0.1, 0.15) is 31.2 Å². The van der Waals surface area contributed by atoms with Gasteiger partial charge in [0.1, 0.15) is 5.75 Å². The minimum atomic E-state index is -0.200. The summed E-state index contributed by atoms with van der Waals surface area (Å²) in [7, 11) is 1.68. The van der Waals surface area contributed by atoms with Gasteiger partial charge >= 0.3 is 0 Å². The lowest BCUT2D eigenvalue weighted by Gasteiger charge is -2.40. The molecule has 1 aliphatic carbocycles. The van der Waals surface area contributed by atoms with Gasteiger partial charge in [-0.25, -0.2) is 0 Å². The summed E-state index contributed by atoms with van der Waals surface area (Å²) < 4.78 is 5.36. The number of carbonyl (C=O) groups excluding carboxylic acids is 2. The highest BCUT2D eigenvalue weighted by molar-refractivity contribution is 5.99. The summed E-state index contributed by atoms with van der Waals surface area (Å²) >= 11 is 0. The van der Waals surface area contributed by atoms with Crippen molar-refractivity contribution in [3.05, 3.63) is 54.1 Å². The van der Waals surface area contributed by atoms with Crippen LogP contribution in [0.4, 0.5) is 11.4 Å². The maximum atomic E-state index is 13.6. The van der Waals surface area contributed by atoms with Crippen LogP contribution in [-0.2, 0) is 16.0 Å². The minimum absolute atomic E-state index is 0.146. The van der Waals surface area contributed by atoms with Crippen molar-refractivity contribution in [3.63, 3.8) is 0 Å². The molecule has 2 aromatic rings. The standard InChI is InChI=1S/C27H33N3O3/c1-33-22-9-6-8-21(19-22)28-15-17-29(18-16-28)26(31)23-10-3-4-11-24(23)27(32)30-14-13-20-7-2-5-12-25(20)30/h2,5-9,12,19,23-24H,3-4,10-11,13-18H2,1H3. The molecule has 33 heavy (non-hydrogen) atoms. The molecule has 2 unspecified atom stereocenters. The van der Waals surface area contributed by atoms with E-state index < -0.39 is 0 Å². The summed E-state index contributed by atoms with van der Waals surface area (Å²) in [6.07, 6.45) is 4.60. The van der Waals surface area contributed by atoms with Crippen LogP contribution in [-0.4, -0.2) is 56.5 Å². The SMILES string of the molecule is COc1cccc(N2CCN(C(=O)C3CCCCC3C(=O)N3CCc4ccccc43)CC2)c1. The van der Waals surface area contributed by atoms with Gasteiger partial charge in [-0.3, -0.25) is 9.59 Å². The minimum Gasteiger partial charge on any atom is -0.497 e. The number of benzene rings is 2. The monoisotopic (exact) mass is 447 g/mol. The predicted octanol–water partition coefficient (Wildman–Crippen LogP) is 3.74. The van der Waals surface area contributed by atoms with Crippen molar-refractivity contribution in [3.8, 4) is 5.75 Å². The zero-order chi connectivity index (χ0) is 22.8. The normalized spacial score (nSPS) is 22.8. The van der Waals surface area contributed by atoms with E-state index in [1.165, 1.54) is 5.56 Å². The second-order valence-electron chi connectivity index (χ2n) is 9.38. The first-order valence-corrected chi connectivity index (χ1v) is 12.2. The van der Waals surface area contributed by atoms with E-state index in [0.29, 0.717) is 13.1 Å². The summed E-state index contributed by atoms with van der Waals surface area (Å²) in [6, 6.07) is 16.2. The number of ether oxygens (including phenoxy) is 1. The Morgan fingerprint density at radius 2 is 1.58 bits per heavy atom. The summed E-state index contributed by atoms with van der Waals surface area (Å²) in [6.45, 7) is 3.71. The van der Waals surface area contributed by atoms with Gasteiger partial charge in [-0.05, 0) is 43.0 Å². The fourth-order valence-corrected chi connectivity index (χ4v) is 5.72. The van der Waals surface area contributed by atoms with Gasteiger partial charge in [-0.15, -0.1) is 0 Å². The number of methoxy groups -OCH3 is 1. The van der Waals surface area contributed by atoms with E-state index in [0.717, 1.165) is 68.9 Å². The molecule has 2 heterocycles. The Hall–Kier alpha value is -3.02. The first-order chi connectivity index (χ1) is 16.2. The fourth-order valence-electron chi connectivity index (χ4n) is 5.72. The second-order valence-corrected chi connectivity index (χ2v) is 9.38. The van der Waals surface area contributed by atoms with Gasteiger partial charge in [0.05, 0.1) is 13.0 Å². The molecule has 2 atom stereocenters. The second kappa shape index (κ2) is 9.46. The van der Waals surface area contributed by atoms with Crippen molar-refractivity contribution >= 4 is 23.2 Å². The molecule has 2 amide bonds. The molecule has 6 heteroatoms. The maximum Gasteiger partial charge on any atom is 0.230 e. The number of hydrogen-bond acceptors (Lipinski definition) is 4. The highest BCUT2D eigenvalue weighted by Crippen LogP contribution is 2.37. The average Bonchev–Trinajstić information content (AvgIpc) is 3.32. The van der Waals surface area contributed by atoms with E-state index in [1.807, 2.05) is 46.2 Å². The smallest absolute Gasteiger partial charge is 0.230 e. The van der Waals surface area contributed by atoms with Gasteiger partial charge in [0.2, 0.25) is 11.8 Å². The Labute approximate surface area is 196 Å². The van der Waals surface area contributed by atoms with Gasteiger partial charge in [-0.2, -0.15) is 0 Å². The van der Waals surface area contributed by atoms with Gasteiger partial charge in [0.25, 0.3) is 0 Å². The van der Waals surface area contributed by atoms with Crippen LogP contribution in [0, 0.1) is 11.8 Å². The van der Waals surface area contributed by atoms with Gasteiger partial charge in [-0.1, -0.05) is 37.1 Å². The third-order valence-electron chi connectivity index (χ3n) is 7.56. The number of para-hydroxylation sites is 1. The van der Waals surface area contributed by atoms with E-state index >= 15 is 0 Å². The van der Waals surface area contributed by atoms with Crippen molar-refractivity contribution in [2.75, 3.05) is 49.6 Å². The molecule has 2 aliphatic heterocycles. The van der Waals surface area contributed by atoms with Crippen LogP contribution in [0.25, 0.3) is 0 Å². The Balaban J connectivity index is 1.25. The average molecular weight is 448 g/mol. The summed E-state index contributed by atoms with van der Waals surface area (Å²) in [5.41, 5.74) is 3.39. The molecular weight excluding hydrogens is 414 g/mol. The molecule has 2 fully saturated rings. The van der Waals surface area contributed by atoms with E-state index in [9.17, 15) is 9.59 Å². The molecule has 5 rings (SSSR count).